The summed E-state index contributed by atoms with van der Waals surface area (Å²) in [6.07, 6.45) is 0.549. The van der Waals surface area contributed by atoms with Crippen LogP contribution in [0.5, 0.6) is 5.75 Å². The van der Waals surface area contributed by atoms with Gasteiger partial charge in [-0.25, -0.2) is 0 Å². The van der Waals surface area contributed by atoms with Gasteiger partial charge in [-0.2, -0.15) is 0 Å². The summed E-state index contributed by atoms with van der Waals surface area (Å²) in [6.45, 7) is 2.59. The zero-order valence-electron chi connectivity index (χ0n) is 16.9. The molecule has 5 nitrogen and oxygen atoms in total. The third-order valence-corrected chi connectivity index (χ3v) is 8.36. The highest BCUT2D eigenvalue weighted by molar-refractivity contribution is 8.19. The number of para-hydroxylation sites is 1. The van der Waals surface area contributed by atoms with Crippen molar-refractivity contribution in [2.45, 2.75) is 23.8 Å². The number of carbonyl (C=O) groups excluding carboxylic acids is 2. The van der Waals surface area contributed by atoms with Gasteiger partial charge < -0.3 is 14.4 Å². The fraction of sp³-hybridized carbons (Fsp3) is 0.391. The Morgan fingerprint density at radius 1 is 1.07 bits per heavy atom. The number of thioether (sulfide) groups is 2. The SMILES string of the molecule is CCOC(=O)C1CCN(C(=O)COc2ccc(C3SCCS3)cc2)c2ccccc21. The molecule has 1 amide bonds. The molecule has 4 rings (SSSR count). The summed E-state index contributed by atoms with van der Waals surface area (Å²) in [6, 6.07) is 15.6. The average Bonchev–Trinajstić information content (AvgIpc) is 3.32. The molecule has 0 bridgehead atoms. The van der Waals surface area contributed by atoms with Crippen LogP contribution in [0.2, 0.25) is 0 Å². The quantitative estimate of drug-likeness (QED) is 0.607. The lowest BCUT2D eigenvalue weighted by atomic mass is 9.90. The molecule has 158 valence electrons. The highest BCUT2D eigenvalue weighted by Gasteiger charge is 2.33. The fourth-order valence-electron chi connectivity index (χ4n) is 3.80. The molecule has 2 aliphatic heterocycles. The van der Waals surface area contributed by atoms with Gasteiger partial charge in [-0.1, -0.05) is 30.3 Å². The van der Waals surface area contributed by atoms with Crippen molar-refractivity contribution in [3.8, 4) is 5.75 Å². The predicted molar refractivity (Wildman–Crippen MR) is 122 cm³/mol. The van der Waals surface area contributed by atoms with E-state index in [0.717, 1.165) is 11.3 Å². The molecule has 1 atom stereocenters. The number of fused-ring (bicyclic) bond motifs is 1. The number of anilines is 1. The monoisotopic (exact) mass is 443 g/mol. The maximum absolute atomic E-state index is 12.9. The number of esters is 1. The van der Waals surface area contributed by atoms with E-state index in [0.29, 0.717) is 29.9 Å². The standard InChI is InChI=1S/C23H25NO4S2/c1-2-27-22(26)19-11-12-24(20-6-4-3-5-18(19)20)21(25)15-28-17-9-7-16(8-10-17)23-29-13-14-30-23/h3-10,19,23H,2,11-15H2,1H3. The van der Waals surface area contributed by atoms with E-state index in [4.69, 9.17) is 9.47 Å². The molecule has 2 aromatic carbocycles. The van der Waals surface area contributed by atoms with Gasteiger partial charge in [0.25, 0.3) is 5.91 Å². The van der Waals surface area contributed by atoms with E-state index in [2.05, 4.69) is 12.1 Å². The second-order valence-electron chi connectivity index (χ2n) is 7.13. The molecule has 2 aliphatic rings. The van der Waals surface area contributed by atoms with Crippen molar-refractivity contribution in [3.05, 3.63) is 59.7 Å². The highest BCUT2D eigenvalue weighted by atomic mass is 32.2. The van der Waals surface area contributed by atoms with Crippen molar-refractivity contribution in [1.29, 1.82) is 0 Å². The Hall–Kier alpha value is -2.12. The molecule has 0 aliphatic carbocycles. The van der Waals surface area contributed by atoms with Gasteiger partial charge in [0, 0.05) is 23.7 Å². The molecule has 2 heterocycles. The first-order valence-corrected chi connectivity index (χ1v) is 12.3. The molecule has 0 radical (unpaired) electrons. The first-order chi connectivity index (χ1) is 14.7. The number of ether oxygens (including phenoxy) is 2. The Bertz CT molecular complexity index is 896. The molecule has 1 unspecified atom stereocenters. The summed E-state index contributed by atoms with van der Waals surface area (Å²) in [4.78, 5) is 26.9. The van der Waals surface area contributed by atoms with E-state index in [1.54, 1.807) is 11.8 Å². The Morgan fingerprint density at radius 2 is 1.80 bits per heavy atom. The molecule has 0 aromatic heterocycles. The third kappa shape index (κ3) is 4.62. The number of carbonyl (C=O) groups is 2. The van der Waals surface area contributed by atoms with Crippen molar-refractivity contribution < 1.29 is 19.1 Å². The minimum Gasteiger partial charge on any atom is -0.484 e. The van der Waals surface area contributed by atoms with Crippen LogP contribution in [-0.4, -0.2) is 43.1 Å². The summed E-state index contributed by atoms with van der Waals surface area (Å²) < 4.78 is 11.5. The van der Waals surface area contributed by atoms with E-state index in [9.17, 15) is 9.59 Å². The van der Waals surface area contributed by atoms with Crippen LogP contribution in [0, 0.1) is 0 Å². The molecule has 0 N–H and O–H groups in total. The van der Waals surface area contributed by atoms with Crippen LogP contribution in [0.4, 0.5) is 5.69 Å². The topological polar surface area (TPSA) is 55.8 Å². The molecular weight excluding hydrogens is 418 g/mol. The number of hydrogen-bond acceptors (Lipinski definition) is 6. The number of amides is 1. The average molecular weight is 444 g/mol. The van der Waals surface area contributed by atoms with E-state index < -0.39 is 0 Å². The number of nitrogens with zero attached hydrogens (tertiary/aromatic N) is 1. The number of hydrogen-bond donors (Lipinski definition) is 0. The van der Waals surface area contributed by atoms with Gasteiger partial charge in [0.2, 0.25) is 0 Å². The lowest BCUT2D eigenvalue weighted by molar-refractivity contribution is -0.145. The van der Waals surface area contributed by atoms with Crippen LogP contribution in [0.3, 0.4) is 0 Å². The lowest BCUT2D eigenvalue weighted by Gasteiger charge is -2.33. The smallest absolute Gasteiger partial charge is 0.313 e. The van der Waals surface area contributed by atoms with Crippen LogP contribution >= 0.6 is 23.5 Å². The van der Waals surface area contributed by atoms with Crippen molar-refractivity contribution in [2.75, 3.05) is 36.2 Å². The Kier molecular flexibility index (Phi) is 6.89. The van der Waals surface area contributed by atoms with Crippen molar-refractivity contribution in [2.24, 2.45) is 0 Å². The first-order valence-electron chi connectivity index (χ1n) is 10.2. The van der Waals surface area contributed by atoms with E-state index in [1.807, 2.05) is 59.9 Å². The van der Waals surface area contributed by atoms with E-state index >= 15 is 0 Å². The maximum atomic E-state index is 12.9. The molecule has 2 aromatic rings. The van der Waals surface area contributed by atoms with Crippen LogP contribution in [-0.2, 0) is 14.3 Å². The fourth-order valence-corrected chi connectivity index (χ4v) is 6.66. The van der Waals surface area contributed by atoms with Crippen molar-refractivity contribution in [3.63, 3.8) is 0 Å². The molecule has 7 heteroatoms. The summed E-state index contributed by atoms with van der Waals surface area (Å²) in [5.41, 5.74) is 2.89. The predicted octanol–water partition coefficient (Wildman–Crippen LogP) is 4.63. The number of benzene rings is 2. The van der Waals surface area contributed by atoms with Crippen LogP contribution in [0.25, 0.3) is 0 Å². The van der Waals surface area contributed by atoms with Gasteiger partial charge in [0.1, 0.15) is 5.75 Å². The summed E-state index contributed by atoms with van der Waals surface area (Å²) >= 11 is 3.93. The van der Waals surface area contributed by atoms with Gasteiger partial charge in [-0.3, -0.25) is 9.59 Å². The summed E-state index contributed by atoms with van der Waals surface area (Å²) in [5.74, 6) is 2.40. The molecule has 1 fully saturated rings. The minimum absolute atomic E-state index is 0.0370. The van der Waals surface area contributed by atoms with E-state index in [-0.39, 0.29) is 24.4 Å². The number of rotatable bonds is 6. The molecule has 0 saturated carbocycles. The summed E-state index contributed by atoms with van der Waals surface area (Å²) in [5, 5.41) is 0. The van der Waals surface area contributed by atoms with Gasteiger partial charge in [0.15, 0.2) is 6.61 Å². The van der Waals surface area contributed by atoms with Crippen molar-refractivity contribution >= 4 is 41.1 Å². The zero-order valence-corrected chi connectivity index (χ0v) is 18.5. The van der Waals surface area contributed by atoms with Gasteiger partial charge in [-0.05, 0) is 42.7 Å². The second kappa shape index (κ2) is 9.79. The molecule has 0 spiro atoms. The highest BCUT2D eigenvalue weighted by Crippen LogP contribution is 2.45. The first kappa shape index (κ1) is 21.1. The minimum atomic E-state index is -0.329. The maximum Gasteiger partial charge on any atom is 0.313 e. The second-order valence-corrected chi connectivity index (χ2v) is 9.85. The normalized spacial score (nSPS) is 18.7. The van der Waals surface area contributed by atoms with Crippen LogP contribution in [0.1, 0.15) is 35.0 Å². The molecular formula is C23H25NO4S2. The van der Waals surface area contributed by atoms with Crippen LogP contribution < -0.4 is 9.64 Å². The van der Waals surface area contributed by atoms with Gasteiger partial charge in [-0.15, -0.1) is 23.5 Å². The van der Waals surface area contributed by atoms with Gasteiger partial charge >= 0.3 is 5.97 Å². The Balaban J connectivity index is 1.40. The summed E-state index contributed by atoms with van der Waals surface area (Å²) in [7, 11) is 0. The lowest BCUT2D eigenvalue weighted by Crippen LogP contribution is -2.41. The van der Waals surface area contributed by atoms with E-state index in [1.165, 1.54) is 17.1 Å². The van der Waals surface area contributed by atoms with Gasteiger partial charge in [0.05, 0.1) is 17.1 Å². The van der Waals surface area contributed by atoms with Crippen molar-refractivity contribution in [1.82, 2.24) is 0 Å². The Morgan fingerprint density at radius 3 is 2.53 bits per heavy atom. The zero-order chi connectivity index (χ0) is 20.9. The Labute approximate surface area is 185 Å². The molecule has 1 saturated heterocycles. The van der Waals surface area contributed by atoms with Crippen LogP contribution in [0.15, 0.2) is 48.5 Å². The third-order valence-electron chi connectivity index (χ3n) is 5.25. The molecule has 30 heavy (non-hydrogen) atoms. The largest absolute Gasteiger partial charge is 0.484 e.